The van der Waals surface area contributed by atoms with Crippen molar-refractivity contribution in [1.82, 2.24) is 15.5 Å². The third-order valence-electron chi connectivity index (χ3n) is 1.98. The third-order valence-corrected chi connectivity index (χ3v) is 1.98. The monoisotopic (exact) mass is 241 g/mol. The Kier molecular flexibility index (Phi) is 7.07. The van der Waals surface area contributed by atoms with Crippen LogP contribution in [0.1, 0.15) is 6.92 Å². The van der Waals surface area contributed by atoms with Crippen LogP contribution in [-0.2, 0) is 4.79 Å². The highest BCUT2D eigenvalue weighted by Crippen LogP contribution is 2.11. The number of hydrogen-bond acceptors (Lipinski definition) is 3. The zero-order valence-corrected chi connectivity index (χ0v) is 9.52. The predicted molar refractivity (Wildman–Crippen MR) is 55.1 cm³/mol. The van der Waals surface area contributed by atoms with Crippen molar-refractivity contribution in [3.8, 4) is 0 Å². The number of carbonyl (C=O) groups is 1. The van der Waals surface area contributed by atoms with E-state index in [4.69, 9.17) is 0 Å². The Morgan fingerprint density at radius 2 is 2.00 bits per heavy atom. The summed E-state index contributed by atoms with van der Waals surface area (Å²) in [5, 5.41) is 4.55. The molecule has 0 aliphatic rings. The summed E-state index contributed by atoms with van der Waals surface area (Å²) in [5.74, 6) is -0.642. The lowest BCUT2D eigenvalue weighted by molar-refractivity contribution is -0.137. The Labute approximate surface area is 93.2 Å². The summed E-state index contributed by atoms with van der Waals surface area (Å²) in [4.78, 5) is 12.9. The van der Waals surface area contributed by atoms with E-state index in [1.54, 1.807) is 5.32 Å². The summed E-state index contributed by atoms with van der Waals surface area (Å²) < 4.78 is 35.1. The number of nitrogens with one attached hydrogen (secondary N) is 2. The second-order valence-corrected chi connectivity index (χ2v) is 3.46. The molecule has 0 aromatic rings. The van der Waals surface area contributed by atoms with Crippen LogP contribution in [0, 0.1) is 0 Å². The van der Waals surface area contributed by atoms with Gasteiger partial charge in [0.25, 0.3) is 0 Å². The molecule has 96 valence electrons. The van der Waals surface area contributed by atoms with Crippen molar-refractivity contribution < 1.29 is 18.0 Å². The first-order valence-corrected chi connectivity index (χ1v) is 5.08. The summed E-state index contributed by atoms with van der Waals surface area (Å²) in [6, 6.07) is 0. The van der Waals surface area contributed by atoms with Crippen molar-refractivity contribution in [2.24, 2.45) is 0 Å². The molecule has 1 amide bonds. The number of carbonyl (C=O) groups excluding carboxylic acids is 1. The van der Waals surface area contributed by atoms with Gasteiger partial charge in [-0.15, -0.1) is 0 Å². The van der Waals surface area contributed by atoms with Gasteiger partial charge < -0.3 is 15.5 Å². The Morgan fingerprint density at radius 1 is 1.38 bits per heavy atom. The molecule has 4 nitrogen and oxygen atoms in total. The smallest absolute Gasteiger partial charge is 0.346 e. The molecule has 0 aromatic heterocycles. The molecule has 0 aromatic carbocycles. The van der Waals surface area contributed by atoms with Crippen molar-refractivity contribution in [3.05, 3.63) is 0 Å². The Balaban J connectivity index is 3.45. The van der Waals surface area contributed by atoms with Gasteiger partial charge in [-0.25, -0.2) is 0 Å². The summed E-state index contributed by atoms with van der Waals surface area (Å²) in [6.07, 6.45) is -4.35. The lowest BCUT2D eigenvalue weighted by atomic mass is 10.5. The van der Waals surface area contributed by atoms with Gasteiger partial charge in [0.1, 0.15) is 6.54 Å². The highest BCUT2D eigenvalue weighted by molar-refractivity contribution is 5.77. The van der Waals surface area contributed by atoms with E-state index in [9.17, 15) is 18.0 Å². The second-order valence-electron chi connectivity index (χ2n) is 3.46. The minimum absolute atomic E-state index is 0.0896. The van der Waals surface area contributed by atoms with Crippen LogP contribution in [0.15, 0.2) is 0 Å². The molecule has 0 saturated heterocycles. The predicted octanol–water partition coefficient (Wildman–Crippen LogP) is 0.206. The minimum Gasteiger partial charge on any atom is -0.346 e. The first-order valence-electron chi connectivity index (χ1n) is 5.08. The fraction of sp³-hybridized carbons (Fsp3) is 0.889. The van der Waals surface area contributed by atoms with E-state index in [0.717, 1.165) is 13.1 Å². The van der Waals surface area contributed by atoms with Gasteiger partial charge in [0.15, 0.2) is 0 Å². The molecular formula is C9H18F3N3O. The largest absolute Gasteiger partial charge is 0.405 e. The van der Waals surface area contributed by atoms with Crippen LogP contribution in [0.25, 0.3) is 0 Å². The molecule has 0 rings (SSSR count). The Morgan fingerprint density at radius 3 is 2.50 bits per heavy atom. The molecule has 0 atom stereocenters. The third kappa shape index (κ3) is 9.72. The summed E-state index contributed by atoms with van der Waals surface area (Å²) in [6.45, 7) is 2.85. The van der Waals surface area contributed by atoms with Gasteiger partial charge in [-0.1, -0.05) is 6.92 Å². The normalized spacial score (nSPS) is 11.9. The maximum absolute atomic E-state index is 11.7. The number of rotatable bonds is 7. The van der Waals surface area contributed by atoms with E-state index >= 15 is 0 Å². The highest BCUT2D eigenvalue weighted by atomic mass is 19.4. The lowest BCUT2D eigenvalue weighted by Crippen LogP contribution is -2.40. The molecule has 0 unspecified atom stereocenters. The van der Waals surface area contributed by atoms with Crippen LogP contribution in [0.5, 0.6) is 0 Å². The van der Waals surface area contributed by atoms with E-state index in [1.165, 1.54) is 0 Å². The van der Waals surface area contributed by atoms with E-state index in [0.29, 0.717) is 6.54 Å². The van der Waals surface area contributed by atoms with Gasteiger partial charge in [-0.3, -0.25) is 4.79 Å². The van der Waals surface area contributed by atoms with E-state index in [1.807, 2.05) is 18.9 Å². The highest BCUT2D eigenvalue weighted by Gasteiger charge is 2.27. The van der Waals surface area contributed by atoms with Crippen LogP contribution < -0.4 is 10.6 Å². The molecule has 0 aliphatic heterocycles. The molecular weight excluding hydrogens is 223 g/mol. The van der Waals surface area contributed by atoms with Crippen LogP contribution in [0.2, 0.25) is 0 Å². The summed E-state index contributed by atoms with van der Waals surface area (Å²) in [5.41, 5.74) is 0. The Hall–Kier alpha value is -0.820. The van der Waals surface area contributed by atoms with Gasteiger partial charge in [-0.05, 0) is 13.6 Å². The van der Waals surface area contributed by atoms with Gasteiger partial charge >= 0.3 is 6.18 Å². The molecule has 0 radical (unpaired) electrons. The maximum atomic E-state index is 11.7. The molecule has 2 N–H and O–H groups in total. The quantitative estimate of drug-likeness (QED) is 0.626. The zero-order chi connectivity index (χ0) is 12.6. The first kappa shape index (κ1) is 15.2. The number of nitrogens with zero attached hydrogens (tertiary/aromatic N) is 1. The minimum atomic E-state index is -4.35. The van der Waals surface area contributed by atoms with E-state index in [-0.39, 0.29) is 6.54 Å². The maximum Gasteiger partial charge on any atom is 0.405 e. The van der Waals surface area contributed by atoms with Crippen molar-refractivity contribution in [3.63, 3.8) is 0 Å². The van der Waals surface area contributed by atoms with Gasteiger partial charge in [-0.2, -0.15) is 13.2 Å². The molecule has 0 bridgehead atoms. The van der Waals surface area contributed by atoms with Crippen LogP contribution in [0.4, 0.5) is 13.2 Å². The number of halogens is 3. The fourth-order valence-electron chi connectivity index (χ4n) is 0.891. The molecule has 0 saturated carbocycles. The van der Waals surface area contributed by atoms with Crippen molar-refractivity contribution in [1.29, 1.82) is 0 Å². The van der Waals surface area contributed by atoms with Gasteiger partial charge in [0, 0.05) is 13.1 Å². The summed E-state index contributed by atoms with van der Waals surface area (Å²) >= 11 is 0. The van der Waals surface area contributed by atoms with Crippen molar-refractivity contribution in [2.45, 2.75) is 13.1 Å². The molecule has 0 heterocycles. The molecule has 0 spiro atoms. The number of hydrogen-bond donors (Lipinski definition) is 2. The van der Waals surface area contributed by atoms with E-state index in [2.05, 4.69) is 5.32 Å². The lowest BCUT2D eigenvalue weighted by Gasteiger charge is -2.14. The van der Waals surface area contributed by atoms with Crippen LogP contribution >= 0.6 is 0 Å². The number of amides is 1. The van der Waals surface area contributed by atoms with E-state index < -0.39 is 18.6 Å². The van der Waals surface area contributed by atoms with Crippen molar-refractivity contribution in [2.75, 3.05) is 39.8 Å². The average Bonchev–Trinajstić information content (AvgIpc) is 2.20. The summed E-state index contributed by atoms with van der Waals surface area (Å²) in [7, 11) is 1.92. The molecule has 0 aliphatic carbocycles. The number of alkyl halides is 3. The van der Waals surface area contributed by atoms with Crippen LogP contribution in [0.3, 0.4) is 0 Å². The average molecular weight is 241 g/mol. The Bertz CT molecular complexity index is 209. The number of likely N-dealkylation sites (N-methyl/N-ethyl adjacent to an activating group) is 1. The SMILES string of the molecule is CCN(C)CCNCC(=O)NCC(F)(F)F. The zero-order valence-electron chi connectivity index (χ0n) is 9.52. The van der Waals surface area contributed by atoms with Crippen LogP contribution in [-0.4, -0.2) is 56.8 Å². The molecule has 7 heteroatoms. The molecule has 16 heavy (non-hydrogen) atoms. The van der Waals surface area contributed by atoms with Gasteiger partial charge in [0.2, 0.25) is 5.91 Å². The van der Waals surface area contributed by atoms with Crippen molar-refractivity contribution >= 4 is 5.91 Å². The second kappa shape index (κ2) is 7.45. The fourth-order valence-corrected chi connectivity index (χ4v) is 0.891. The topological polar surface area (TPSA) is 44.4 Å². The van der Waals surface area contributed by atoms with Gasteiger partial charge in [0.05, 0.1) is 6.54 Å². The standard InChI is InChI=1S/C9H18F3N3O/c1-3-15(2)5-4-13-6-8(16)14-7-9(10,11)12/h13H,3-7H2,1-2H3,(H,14,16). The first-order chi connectivity index (χ1) is 7.35. The molecule has 0 fully saturated rings.